The minimum Gasteiger partial charge on any atom is -0.508 e. The molecule has 5 saturated carbocycles. The summed E-state index contributed by atoms with van der Waals surface area (Å²) < 4.78 is 6.70. The molecular weight excluding hydrogens is 372 g/mol. The van der Waals surface area contributed by atoms with E-state index in [-0.39, 0.29) is 11.8 Å². The van der Waals surface area contributed by atoms with Crippen molar-refractivity contribution in [1.29, 1.82) is 0 Å². The average Bonchev–Trinajstić information content (AvgIpc) is 3.07. The van der Waals surface area contributed by atoms with E-state index < -0.39 is 23.0 Å². The molecule has 29 heavy (non-hydrogen) atoms. The largest absolute Gasteiger partial charge is 0.508 e. The molecular formula is C23H28O6. The summed E-state index contributed by atoms with van der Waals surface area (Å²) in [5.74, 6) is -0.671. The Labute approximate surface area is 170 Å². The summed E-state index contributed by atoms with van der Waals surface area (Å²) in [6, 6.07) is 7.48. The number of phenols is 1. The van der Waals surface area contributed by atoms with Gasteiger partial charge in [-0.05, 0) is 74.5 Å². The maximum Gasteiger partial charge on any atom is 0.309 e. The van der Waals surface area contributed by atoms with E-state index in [4.69, 9.17) is 14.5 Å². The van der Waals surface area contributed by atoms with Crippen LogP contribution in [-0.4, -0.2) is 27.8 Å². The summed E-state index contributed by atoms with van der Waals surface area (Å²) >= 11 is 0. The van der Waals surface area contributed by atoms with Crippen molar-refractivity contribution >= 4 is 5.97 Å². The van der Waals surface area contributed by atoms with Gasteiger partial charge in [0, 0.05) is 24.7 Å². The highest BCUT2D eigenvalue weighted by Crippen LogP contribution is 2.67. The van der Waals surface area contributed by atoms with E-state index in [1.54, 1.807) is 12.1 Å². The van der Waals surface area contributed by atoms with Gasteiger partial charge >= 0.3 is 5.97 Å². The van der Waals surface area contributed by atoms with Gasteiger partial charge < -0.3 is 14.9 Å². The topological polar surface area (TPSA) is 85.2 Å². The fraction of sp³-hybridized carbons (Fsp3) is 0.696. The van der Waals surface area contributed by atoms with Crippen molar-refractivity contribution in [2.24, 2.45) is 23.2 Å². The number of ether oxygens (including phenoxy) is 1. The molecule has 0 amide bonds. The third kappa shape index (κ3) is 2.55. The van der Waals surface area contributed by atoms with Crippen LogP contribution in [0.3, 0.4) is 0 Å². The van der Waals surface area contributed by atoms with Gasteiger partial charge in [-0.1, -0.05) is 12.1 Å². The van der Waals surface area contributed by atoms with Crippen molar-refractivity contribution in [3.05, 3.63) is 29.8 Å². The quantitative estimate of drug-likeness (QED) is 0.719. The zero-order valence-electron chi connectivity index (χ0n) is 16.5. The molecule has 2 N–H and O–H groups in total. The highest BCUT2D eigenvalue weighted by Gasteiger charge is 2.71. The van der Waals surface area contributed by atoms with Crippen LogP contribution in [0, 0.1) is 23.2 Å². The van der Waals surface area contributed by atoms with Crippen LogP contribution in [0.2, 0.25) is 0 Å². The van der Waals surface area contributed by atoms with Gasteiger partial charge in [0.1, 0.15) is 5.75 Å². The summed E-state index contributed by atoms with van der Waals surface area (Å²) in [6.07, 6.45) is 7.51. The van der Waals surface area contributed by atoms with Gasteiger partial charge in [0.25, 0.3) is 0 Å². The van der Waals surface area contributed by atoms with Gasteiger partial charge in [0.15, 0.2) is 0 Å². The monoisotopic (exact) mass is 400 g/mol. The van der Waals surface area contributed by atoms with Gasteiger partial charge in [0.05, 0.1) is 5.41 Å². The van der Waals surface area contributed by atoms with E-state index in [9.17, 15) is 15.0 Å². The lowest BCUT2D eigenvalue weighted by Gasteiger charge is -2.60. The van der Waals surface area contributed by atoms with E-state index in [0.717, 1.165) is 44.9 Å². The number of carboxylic acid groups (broad SMARTS) is 1. The lowest BCUT2D eigenvalue weighted by Crippen LogP contribution is -2.64. The summed E-state index contributed by atoms with van der Waals surface area (Å²) in [5.41, 5.74) is 0.658. The Hall–Kier alpha value is -1.63. The Kier molecular flexibility index (Phi) is 3.73. The van der Waals surface area contributed by atoms with Crippen molar-refractivity contribution in [2.75, 3.05) is 0 Å². The minimum atomic E-state index is -0.749. The molecule has 1 aromatic rings. The number of hydrogen-bond donors (Lipinski definition) is 2. The lowest BCUT2D eigenvalue weighted by atomic mass is 9.47. The number of carbonyl (C=O) groups is 1. The zero-order valence-corrected chi connectivity index (χ0v) is 16.5. The molecule has 0 radical (unpaired) electrons. The third-order valence-corrected chi connectivity index (χ3v) is 8.56. The number of aromatic hydroxyl groups is 1. The van der Waals surface area contributed by atoms with E-state index in [1.807, 2.05) is 12.1 Å². The van der Waals surface area contributed by atoms with Crippen molar-refractivity contribution < 1.29 is 29.5 Å². The van der Waals surface area contributed by atoms with Crippen LogP contribution in [0.15, 0.2) is 24.3 Å². The van der Waals surface area contributed by atoms with Gasteiger partial charge in [-0.2, -0.15) is 9.78 Å². The molecule has 2 atom stereocenters. The number of rotatable bonds is 2. The summed E-state index contributed by atoms with van der Waals surface area (Å²) in [7, 11) is 0. The molecule has 1 aliphatic heterocycles. The van der Waals surface area contributed by atoms with Gasteiger partial charge in [0.2, 0.25) is 11.6 Å². The Morgan fingerprint density at radius 2 is 1.62 bits per heavy atom. The third-order valence-electron chi connectivity index (χ3n) is 8.56. The fourth-order valence-corrected chi connectivity index (χ4v) is 7.28. The Morgan fingerprint density at radius 1 is 0.966 bits per heavy atom. The first-order chi connectivity index (χ1) is 13.9. The second kappa shape index (κ2) is 5.96. The van der Waals surface area contributed by atoms with Crippen molar-refractivity contribution in [3.8, 4) is 5.75 Å². The first-order valence-electron chi connectivity index (χ1n) is 11.0. The van der Waals surface area contributed by atoms with Crippen LogP contribution in [0.25, 0.3) is 0 Å². The molecule has 6 aliphatic rings. The maximum atomic E-state index is 12.0. The van der Waals surface area contributed by atoms with Crippen LogP contribution >= 0.6 is 0 Å². The van der Waals surface area contributed by atoms with Crippen LogP contribution in [0.1, 0.15) is 69.3 Å². The predicted octanol–water partition coefficient (Wildman–Crippen LogP) is 4.33. The van der Waals surface area contributed by atoms with E-state index >= 15 is 0 Å². The Bertz CT molecular complexity index is 808. The summed E-state index contributed by atoms with van der Waals surface area (Å²) in [6.45, 7) is 0. The number of carboxylic acids is 1. The molecule has 6 nitrogen and oxygen atoms in total. The molecule has 1 heterocycles. The molecule has 5 aliphatic carbocycles. The minimum absolute atomic E-state index is 0.110. The van der Waals surface area contributed by atoms with Crippen LogP contribution in [-0.2, 0) is 19.3 Å². The highest BCUT2D eigenvalue weighted by atomic mass is 17.3. The molecule has 6 heteroatoms. The van der Waals surface area contributed by atoms with Gasteiger partial charge in [-0.3, -0.25) is 4.79 Å². The lowest BCUT2D eigenvalue weighted by molar-refractivity contribution is -0.393. The van der Waals surface area contributed by atoms with Crippen LogP contribution < -0.4 is 0 Å². The number of aliphatic carboxylic acids is 1. The van der Waals surface area contributed by atoms with Gasteiger partial charge in [-0.25, -0.2) is 0 Å². The predicted molar refractivity (Wildman–Crippen MR) is 102 cm³/mol. The first-order valence-corrected chi connectivity index (χ1v) is 11.0. The molecule has 156 valence electrons. The van der Waals surface area contributed by atoms with Crippen LogP contribution in [0.5, 0.6) is 5.75 Å². The summed E-state index contributed by atoms with van der Waals surface area (Å²) in [5, 5.41) is 19.4. The number of phenolic OH excluding ortho intramolecular Hbond substituents is 1. The molecule has 4 bridgehead atoms. The smallest absolute Gasteiger partial charge is 0.309 e. The van der Waals surface area contributed by atoms with E-state index in [0.29, 0.717) is 30.4 Å². The molecule has 2 unspecified atom stereocenters. The molecule has 1 saturated heterocycles. The molecule has 0 aromatic heterocycles. The molecule has 7 rings (SSSR count). The van der Waals surface area contributed by atoms with E-state index in [1.165, 1.54) is 5.56 Å². The Balaban J connectivity index is 1.19. The second-order valence-corrected chi connectivity index (χ2v) is 10.2. The normalized spacial score (nSPS) is 47.9. The maximum absolute atomic E-state index is 12.0. The average molecular weight is 400 g/mol. The van der Waals surface area contributed by atoms with E-state index in [2.05, 4.69) is 0 Å². The van der Waals surface area contributed by atoms with Crippen LogP contribution in [0.4, 0.5) is 0 Å². The van der Waals surface area contributed by atoms with Crippen molar-refractivity contribution in [3.63, 3.8) is 0 Å². The molecule has 2 spiro atoms. The first kappa shape index (κ1) is 18.2. The van der Waals surface area contributed by atoms with Crippen molar-refractivity contribution in [1.82, 2.24) is 0 Å². The second-order valence-electron chi connectivity index (χ2n) is 10.2. The molecule has 1 aromatic carbocycles. The van der Waals surface area contributed by atoms with Gasteiger partial charge in [-0.15, -0.1) is 0 Å². The SMILES string of the molecule is O=C(O)C12CC3CC(C1)[C@]1(OO[C@]4(CCC(c5ccc(O)cc5)CC4)O1)C(C3)C2. The standard InChI is InChI=1S/C23H28O6/c24-19-3-1-15(2-4-19)16-5-7-22(8-6-16)27-23(29-28-22)17-9-14-10-18(23)13-21(11-14,12-17)20(25)26/h1-4,14,16-18,24H,5-13H2,(H,25,26)/t14?,16?,17?,18?,21?,22-,23-. The number of hydrogen-bond acceptors (Lipinski definition) is 5. The summed E-state index contributed by atoms with van der Waals surface area (Å²) in [4.78, 5) is 24.0. The van der Waals surface area contributed by atoms with Crippen molar-refractivity contribution in [2.45, 2.75) is 75.3 Å². The fourth-order valence-electron chi connectivity index (χ4n) is 7.28. The highest BCUT2D eigenvalue weighted by molar-refractivity contribution is 5.75. The zero-order chi connectivity index (χ0) is 19.9. The Morgan fingerprint density at radius 3 is 2.24 bits per heavy atom. The number of benzene rings is 1. The molecule has 6 fully saturated rings.